The number of hydrogen-bond acceptors (Lipinski definition) is 2. The van der Waals surface area contributed by atoms with E-state index >= 15 is 0 Å². The summed E-state index contributed by atoms with van der Waals surface area (Å²) in [5, 5.41) is 2.92. The molecule has 0 aromatic heterocycles. The summed E-state index contributed by atoms with van der Waals surface area (Å²) in [6.45, 7) is 1.93. The van der Waals surface area contributed by atoms with Crippen LogP contribution in [0.4, 0.5) is 0 Å². The van der Waals surface area contributed by atoms with Gasteiger partial charge in [0.15, 0.2) is 0 Å². The molecule has 1 saturated carbocycles. The summed E-state index contributed by atoms with van der Waals surface area (Å²) in [4.78, 5) is 23.5. The van der Waals surface area contributed by atoms with Gasteiger partial charge in [0, 0.05) is 16.1 Å². The molecule has 0 radical (unpaired) electrons. The van der Waals surface area contributed by atoms with Crippen LogP contribution in [0.3, 0.4) is 0 Å². The zero-order valence-corrected chi connectivity index (χ0v) is 12.4. The van der Waals surface area contributed by atoms with E-state index in [1.165, 1.54) is 0 Å². The van der Waals surface area contributed by atoms with Crippen molar-refractivity contribution >= 4 is 27.7 Å². The van der Waals surface area contributed by atoms with Gasteiger partial charge in [-0.25, -0.2) is 0 Å². The van der Waals surface area contributed by atoms with Crippen molar-refractivity contribution in [3.63, 3.8) is 0 Å². The van der Waals surface area contributed by atoms with E-state index in [0.717, 1.165) is 29.3 Å². The molecule has 4 nitrogen and oxygen atoms in total. The molecular weight excluding hydrogens is 308 g/mol. The van der Waals surface area contributed by atoms with Gasteiger partial charge >= 0.3 is 0 Å². The Bertz CT molecular complexity index is 496. The Labute approximate surface area is 120 Å². The molecule has 1 aliphatic rings. The van der Waals surface area contributed by atoms with E-state index in [0.29, 0.717) is 5.56 Å². The van der Waals surface area contributed by atoms with Gasteiger partial charge in [-0.1, -0.05) is 22.4 Å². The first-order valence-corrected chi connectivity index (χ1v) is 7.14. The van der Waals surface area contributed by atoms with Crippen LogP contribution in [-0.4, -0.2) is 17.9 Å². The molecule has 1 aromatic carbocycles. The number of aryl methyl sites for hydroxylation is 1. The molecule has 0 saturated heterocycles. The fraction of sp³-hybridized carbons (Fsp3) is 0.429. The molecule has 2 atom stereocenters. The van der Waals surface area contributed by atoms with Crippen LogP contribution in [0.5, 0.6) is 0 Å². The Balaban J connectivity index is 2.10. The minimum absolute atomic E-state index is 0.135. The molecule has 5 heteroatoms. The van der Waals surface area contributed by atoms with Crippen LogP contribution in [0.2, 0.25) is 0 Å². The third-order valence-electron chi connectivity index (χ3n) is 3.50. The topological polar surface area (TPSA) is 72.2 Å². The highest BCUT2D eigenvalue weighted by Gasteiger charge is 2.32. The highest BCUT2D eigenvalue weighted by atomic mass is 79.9. The highest BCUT2D eigenvalue weighted by molar-refractivity contribution is 9.10. The zero-order valence-electron chi connectivity index (χ0n) is 10.8. The Kier molecular flexibility index (Phi) is 4.24. The Morgan fingerprint density at radius 2 is 2.05 bits per heavy atom. The van der Waals surface area contributed by atoms with Crippen molar-refractivity contribution in [2.24, 2.45) is 11.7 Å². The number of carbonyl (C=O) groups is 2. The van der Waals surface area contributed by atoms with Gasteiger partial charge < -0.3 is 11.1 Å². The Morgan fingerprint density at radius 1 is 1.32 bits per heavy atom. The fourth-order valence-corrected chi connectivity index (χ4v) is 3.20. The van der Waals surface area contributed by atoms with E-state index in [9.17, 15) is 9.59 Å². The van der Waals surface area contributed by atoms with Crippen LogP contribution < -0.4 is 11.1 Å². The van der Waals surface area contributed by atoms with Crippen molar-refractivity contribution in [3.05, 3.63) is 33.8 Å². The van der Waals surface area contributed by atoms with Crippen molar-refractivity contribution in [2.75, 3.05) is 0 Å². The largest absolute Gasteiger partial charge is 0.369 e. The summed E-state index contributed by atoms with van der Waals surface area (Å²) >= 11 is 3.37. The molecule has 2 amide bonds. The van der Waals surface area contributed by atoms with Crippen LogP contribution in [0, 0.1) is 12.8 Å². The number of primary amides is 1. The van der Waals surface area contributed by atoms with E-state index < -0.39 is 0 Å². The summed E-state index contributed by atoms with van der Waals surface area (Å²) in [7, 11) is 0. The second-order valence-electron chi connectivity index (χ2n) is 5.04. The molecule has 19 heavy (non-hydrogen) atoms. The van der Waals surface area contributed by atoms with Gasteiger partial charge in [-0.2, -0.15) is 0 Å². The normalized spacial score (nSPS) is 22.2. The number of nitrogens with one attached hydrogen (secondary N) is 1. The van der Waals surface area contributed by atoms with Gasteiger partial charge in [0.05, 0.1) is 5.92 Å². The summed E-state index contributed by atoms with van der Waals surface area (Å²) in [5.41, 5.74) is 6.96. The first-order valence-electron chi connectivity index (χ1n) is 6.35. The number of amides is 2. The summed E-state index contributed by atoms with van der Waals surface area (Å²) in [6, 6.07) is 5.41. The van der Waals surface area contributed by atoms with Crippen LogP contribution in [0.15, 0.2) is 22.7 Å². The lowest BCUT2D eigenvalue weighted by atomic mass is 10.0. The molecule has 0 heterocycles. The van der Waals surface area contributed by atoms with Crippen LogP contribution in [0.1, 0.15) is 35.2 Å². The van der Waals surface area contributed by atoms with Gasteiger partial charge in [0.2, 0.25) is 5.91 Å². The van der Waals surface area contributed by atoms with Crippen LogP contribution >= 0.6 is 15.9 Å². The van der Waals surface area contributed by atoms with Crippen LogP contribution in [0.25, 0.3) is 0 Å². The lowest BCUT2D eigenvalue weighted by molar-refractivity contribution is -0.122. The lowest BCUT2D eigenvalue weighted by Crippen LogP contribution is -2.42. The second kappa shape index (κ2) is 5.74. The van der Waals surface area contributed by atoms with Crippen molar-refractivity contribution in [1.29, 1.82) is 0 Å². The lowest BCUT2D eigenvalue weighted by Gasteiger charge is -2.18. The van der Waals surface area contributed by atoms with E-state index in [-0.39, 0.29) is 23.8 Å². The Hall–Kier alpha value is -1.36. The molecule has 0 aliphatic heterocycles. The third kappa shape index (κ3) is 3.35. The van der Waals surface area contributed by atoms with Crippen molar-refractivity contribution < 1.29 is 9.59 Å². The third-order valence-corrected chi connectivity index (χ3v) is 3.96. The van der Waals surface area contributed by atoms with Crippen molar-refractivity contribution in [2.45, 2.75) is 32.2 Å². The first kappa shape index (κ1) is 14.1. The summed E-state index contributed by atoms with van der Waals surface area (Å²) < 4.78 is 0.871. The van der Waals surface area contributed by atoms with E-state index in [1.54, 1.807) is 6.07 Å². The predicted molar refractivity (Wildman–Crippen MR) is 76.7 cm³/mol. The Morgan fingerprint density at radius 3 is 2.68 bits per heavy atom. The maximum atomic E-state index is 12.2. The monoisotopic (exact) mass is 324 g/mol. The summed E-state index contributed by atoms with van der Waals surface area (Å²) in [5.74, 6) is -0.715. The van der Waals surface area contributed by atoms with E-state index in [1.807, 2.05) is 19.1 Å². The molecule has 1 aromatic rings. The molecule has 0 spiro atoms. The minimum Gasteiger partial charge on any atom is -0.369 e. The molecule has 1 aliphatic carbocycles. The number of halogens is 1. The highest BCUT2D eigenvalue weighted by Crippen LogP contribution is 2.26. The quantitative estimate of drug-likeness (QED) is 0.894. The van der Waals surface area contributed by atoms with Crippen molar-refractivity contribution in [1.82, 2.24) is 5.32 Å². The summed E-state index contributed by atoms with van der Waals surface area (Å²) in [6.07, 6.45) is 2.50. The first-order chi connectivity index (χ1) is 8.97. The molecule has 2 rings (SSSR count). The molecular formula is C14H17BrN2O2. The van der Waals surface area contributed by atoms with Crippen molar-refractivity contribution in [3.8, 4) is 0 Å². The fourth-order valence-electron chi connectivity index (χ4n) is 2.59. The van der Waals surface area contributed by atoms with Gasteiger partial charge in [-0.3, -0.25) is 9.59 Å². The van der Waals surface area contributed by atoms with Gasteiger partial charge in [0.25, 0.3) is 5.91 Å². The number of hydrogen-bond donors (Lipinski definition) is 2. The number of rotatable bonds is 3. The number of benzene rings is 1. The minimum atomic E-state index is -0.326. The van der Waals surface area contributed by atoms with Gasteiger partial charge in [-0.15, -0.1) is 0 Å². The molecule has 2 unspecified atom stereocenters. The predicted octanol–water partition coefficient (Wildman–Crippen LogP) is 2.14. The molecule has 102 valence electrons. The van der Waals surface area contributed by atoms with E-state index in [4.69, 9.17) is 5.73 Å². The average Bonchev–Trinajstić information content (AvgIpc) is 2.75. The maximum absolute atomic E-state index is 12.2. The molecule has 1 fully saturated rings. The van der Waals surface area contributed by atoms with E-state index in [2.05, 4.69) is 21.2 Å². The molecule has 0 bridgehead atoms. The van der Waals surface area contributed by atoms with Gasteiger partial charge in [-0.05, 0) is 43.5 Å². The average molecular weight is 325 g/mol. The number of carbonyl (C=O) groups excluding carboxylic acids is 2. The van der Waals surface area contributed by atoms with Gasteiger partial charge in [0.1, 0.15) is 0 Å². The second-order valence-corrected chi connectivity index (χ2v) is 5.95. The number of nitrogens with two attached hydrogens (primary N) is 1. The van der Waals surface area contributed by atoms with Crippen LogP contribution in [-0.2, 0) is 4.79 Å². The molecule has 3 N–H and O–H groups in total. The SMILES string of the molecule is Cc1cc(Br)cc(C(=O)NC2CCCC2C(N)=O)c1. The smallest absolute Gasteiger partial charge is 0.251 e. The maximum Gasteiger partial charge on any atom is 0.251 e. The standard InChI is InChI=1S/C14H17BrN2O2/c1-8-5-9(7-10(15)6-8)14(19)17-12-4-2-3-11(12)13(16)18/h5-7,11-12H,2-4H2,1H3,(H2,16,18)(H,17,19). The zero-order chi connectivity index (χ0) is 14.0.